The summed E-state index contributed by atoms with van der Waals surface area (Å²) >= 11 is 0. The molecule has 0 atom stereocenters. The third-order valence-electron chi connectivity index (χ3n) is 4.71. The molecule has 1 saturated heterocycles. The predicted molar refractivity (Wildman–Crippen MR) is 93.3 cm³/mol. The van der Waals surface area contributed by atoms with Crippen LogP contribution in [-0.4, -0.2) is 33.2 Å². The Labute approximate surface area is 143 Å². The fourth-order valence-corrected chi connectivity index (χ4v) is 3.39. The van der Waals surface area contributed by atoms with Crippen LogP contribution < -0.4 is 4.90 Å². The van der Waals surface area contributed by atoms with Crippen molar-refractivity contribution in [3.05, 3.63) is 28.7 Å². The molecular weight excluding hydrogens is 302 g/mol. The van der Waals surface area contributed by atoms with Crippen molar-refractivity contribution < 1.29 is 4.52 Å². The molecule has 0 unspecified atom stereocenters. The molecule has 1 fully saturated rings. The van der Waals surface area contributed by atoms with Crippen LogP contribution in [0, 0.1) is 26.7 Å². The van der Waals surface area contributed by atoms with Crippen LogP contribution in [0.25, 0.3) is 0 Å². The van der Waals surface area contributed by atoms with Gasteiger partial charge in [0.05, 0.1) is 0 Å². The maximum absolute atomic E-state index is 5.11. The van der Waals surface area contributed by atoms with Crippen LogP contribution in [0.15, 0.2) is 4.52 Å². The summed E-state index contributed by atoms with van der Waals surface area (Å²) < 4.78 is 5.11. The van der Waals surface area contributed by atoms with Gasteiger partial charge in [-0.15, -0.1) is 0 Å². The van der Waals surface area contributed by atoms with Crippen LogP contribution in [0.2, 0.25) is 0 Å². The number of rotatable bonds is 4. The van der Waals surface area contributed by atoms with Gasteiger partial charge in [0.1, 0.15) is 0 Å². The summed E-state index contributed by atoms with van der Waals surface area (Å²) in [7, 11) is 0. The highest BCUT2D eigenvalue weighted by atomic mass is 16.5. The second kappa shape index (κ2) is 6.87. The van der Waals surface area contributed by atoms with E-state index in [1.54, 1.807) is 0 Å². The van der Waals surface area contributed by atoms with Gasteiger partial charge < -0.3 is 9.42 Å². The average Bonchev–Trinajstić information content (AvgIpc) is 2.97. The molecule has 0 saturated carbocycles. The maximum atomic E-state index is 5.11. The number of piperidine rings is 1. The Morgan fingerprint density at radius 3 is 2.17 bits per heavy atom. The Morgan fingerprint density at radius 2 is 1.67 bits per heavy atom. The van der Waals surface area contributed by atoms with Crippen molar-refractivity contribution in [2.24, 2.45) is 5.92 Å². The highest BCUT2D eigenvalue weighted by Gasteiger charge is 2.26. The van der Waals surface area contributed by atoms with Gasteiger partial charge in [0, 0.05) is 37.3 Å². The normalized spacial score (nSPS) is 16.2. The zero-order valence-electron chi connectivity index (χ0n) is 15.3. The molecule has 0 amide bonds. The monoisotopic (exact) mass is 329 g/mol. The quantitative estimate of drug-likeness (QED) is 0.856. The second-order valence-electron chi connectivity index (χ2n) is 7.20. The van der Waals surface area contributed by atoms with Crippen LogP contribution in [-0.2, 0) is 6.42 Å². The number of aryl methyl sites for hydroxylation is 3. The molecular formula is C18H27N5O. The molecule has 24 heavy (non-hydrogen) atoms. The molecule has 1 aliphatic rings. The lowest BCUT2D eigenvalue weighted by Gasteiger charge is -2.31. The number of hydrogen-bond donors (Lipinski definition) is 0. The van der Waals surface area contributed by atoms with Crippen LogP contribution in [0.4, 0.5) is 5.95 Å². The van der Waals surface area contributed by atoms with Gasteiger partial charge in [-0.2, -0.15) is 4.98 Å². The lowest BCUT2D eigenvalue weighted by molar-refractivity contribution is 0.375. The molecule has 0 aliphatic carbocycles. The van der Waals surface area contributed by atoms with E-state index in [2.05, 4.69) is 42.7 Å². The molecule has 0 bridgehead atoms. The smallest absolute Gasteiger partial charge is 0.225 e. The summed E-state index contributed by atoms with van der Waals surface area (Å²) in [6.07, 6.45) is 3.06. The first-order valence-corrected chi connectivity index (χ1v) is 8.83. The standard InChI is InChI=1S/C18H27N5O/c1-11(2)10-16-12(3)19-18(20-13(16)4)23-8-6-15(7-9-23)17-21-14(5)24-22-17/h11,15H,6-10H2,1-5H3. The number of aromatic nitrogens is 4. The van der Waals surface area contributed by atoms with E-state index < -0.39 is 0 Å². The zero-order valence-corrected chi connectivity index (χ0v) is 15.3. The van der Waals surface area contributed by atoms with Crippen molar-refractivity contribution in [3.8, 4) is 0 Å². The van der Waals surface area contributed by atoms with Gasteiger partial charge in [0.15, 0.2) is 5.82 Å². The number of anilines is 1. The van der Waals surface area contributed by atoms with E-state index in [9.17, 15) is 0 Å². The highest BCUT2D eigenvalue weighted by Crippen LogP contribution is 2.28. The minimum atomic E-state index is 0.376. The van der Waals surface area contributed by atoms with E-state index in [0.29, 0.717) is 17.7 Å². The molecule has 1 aliphatic heterocycles. The largest absolute Gasteiger partial charge is 0.341 e. The summed E-state index contributed by atoms with van der Waals surface area (Å²) in [6, 6.07) is 0. The Kier molecular flexibility index (Phi) is 4.83. The fourth-order valence-electron chi connectivity index (χ4n) is 3.39. The van der Waals surface area contributed by atoms with Crippen LogP contribution in [0.3, 0.4) is 0 Å². The zero-order chi connectivity index (χ0) is 17.3. The van der Waals surface area contributed by atoms with Gasteiger partial charge in [-0.1, -0.05) is 19.0 Å². The fraction of sp³-hybridized carbons (Fsp3) is 0.667. The molecule has 2 aromatic rings. The van der Waals surface area contributed by atoms with Gasteiger partial charge in [-0.3, -0.25) is 0 Å². The summed E-state index contributed by atoms with van der Waals surface area (Å²) in [5.41, 5.74) is 3.52. The minimum absolute atomic E-state index is 0.376. The third kappa shape index (κ3) is 3.57. The molecule has 2 aromatic heterocycles. The van der Waals surface area contributed by atoms with Crippen molar-refractivity contribution in [2.45, 2.75) is 59.8 Å². The van der Waals surface area contributed by atoms with E-state index >= 15 is 0 Å². The molecule has 130 valence electrons. The van der Waals surface area contributed by atoms with Crippen molar-refractivity contribution in [3.63, 3.8) is 0 Å². The van der Waals surface area contributed by atoms with Crippen LogP contribution >= 0.6 is 0 Å². The minimum Gasteiger partial charge on any atom is -0.341 e. The SMILES string of the molecule is Cc1nc(C2CCN(c3nc(C)c(CC(C)C)c(C)n3)CC2)no1. The molecule has 0 spiro atoms. The Morgan fingerprint density at radius 1 is 1.04 bits per heavy atom. The van der Waals surface area contributed by atoms with Gasteiger partial charge in [0.25, 0.3) is 0 Å². The van der Waals surface area contributed by atoms with Gasteiger partial charge in [0.2, 0.25) is 11.8 Å². The summed E-state index contributed by atoms with van der Waals surface area (Å²) in [4.78, 5) is 16.2. The second-order valence-corrected chi connectivity index (χ2v) is 7.20. The molecule has 6 heteroatoms. The van der Waals surface area contributed by atoms with Crippen LogP contribution in [0.1, 0.15) is 61.3 Å². The number of nitrogens with zero attached hydrogens (tertiary/aromatic N) is 5. The third-order valence-corrected chi connectivity index (χ3v) is 4.71. The van der Waals surface area contributed by atoms with E-state index in [1.807, 2.05) is 6.92 Å². The molecule has 0 radical (unpaired) electrons. The van der Waals surface area contributed by atoms with Crippen molar-refractivity contribution in [1.82, 2.24) is 20.1 Å². The predicted octanol–water partition coefficient (Wildman–Crippen LogP) is 3.37. The molecule has 3 heterocycles. The summed E-state index contributed by atoms with van der Waals surface area (Å²) in [5.74, 6) is 3.34. The maximum Gasteiger partial charge on any atom is 0.225 e. The summed E-state index contributed by atoms with van der Waals surface area (Å²) in [5, 5.41) is 4.07. The lowest BCUT2D eigenvalue weighted by atomic mass is 9.96. The lowest BCUT2D eigenvalue weighted by Crippen LogP contribution is -2.34. The Hall–Kier alpha value is -1.98. The first-order valence-electron chi connectivity index (χ1n) is 8.83. The Bertz CT molecular complexity index is 678. The van der Waals surface area contributed by atoms with Crippen molar-refractivity contribution in [1.29, 1.82) is 0 Å². The van der Waals surface area contributed by atoms with E-state index in [1.165, 1.54) is 5.56 Å². The van der Waals surface area contributed by atoms with E-state index in [0.717, 1.165) is 55.5 Å². The molecule has 6 nitrogen and oxygen atoms in total. The molecule has 3 rings (SSSR count). The van der Waals surface area contributed by atoms with E-state index in [-0.39, 0.29) is 0 Å². The highest BCUT2D eigenvalue weighted by molar-refractivity contribution is 5.37. The van der Waals surface area contributed by atoms with Gasteiger partial charge in [-0.05, 0) is 44.6 Å². The first-order chi connectivity index (χ1) is 11.4. The van der Waals surface area contributed by atoms with Crippen molar-refractivity contribution >= 4 is 5.95 Å². The molecule has 0 N–H and O–H groups in total. The van der Waals surface area contributed by atoms with Gasteiger partial charge in [-0.25, -0.2) is 9.97 Å². The topological polar surface area (TPSA) is 67.9 Å². The molecule has 0 aromatic carbocycles. The number of hydrogen-bond acceptors (Lipinski definition) is 6. The Balaban J connectivity index is 1.70. The summed E-state index contributed by atoms with van der Waals surface area (Å²) in [6.45, 7) is 12.4. The van der Waals surface area contributed by atoms with Crippen LogP contribution in [0.5, 0.6) is 0 Å². The average molecular weight is 329 g/mol. The van der Waals surface area contributed by atoms with Gasteiger partial charge >= 0.3 is 0 Å². The first kappa shape index (κ1) is 16.9. The van der Waals surface area contributed by atoms with E-state index in [4.69, 9.17) is 14.5 Å². The van der Waals surface area contributed by atoms with Crippen molar-refractivity contribution in [2.75, 3.05) is 18.0 Å².